The van der Waals surface area contributed by atoms with Crippen molar-refractivity contribution in [3.8, 4) is 0 Å². The van der Waals surface area contributed by atoms with Crippen LogP contribution in [-0.2, 0) is 0 Å². The van der Waals surface area contributed by atoms with Gasteiger partial charge in [0.1, 0.15) is 0 Å². The second-order valence-corrected chi connectivity index (χ2v) is 1.15. The highest BCUT2D eigenvalue weighted by Crippen LogP contribution is 1.62. The van der Waals surface area contributed by atoms with Gasteiger partial charge < -0.3 is 21.9 Å². The van der Waals surface area contributed by atoms with Gasteiger partial charge in [-0.2, -0.15) is 0 Å². The largest absolute Gasteiger partial charge is 0.729 e. The molecule has 0 amide bonds. The maximum absolute atomic E-state index is 4.96. The Labute approximate surface area is 44.5 Å². The van der Waals surface area contributed by atoms with Gasteiger partial charge in [0.25, 0.3) is 0 Å². The lowest BCUT2D eigenvalue weighted by molar-refractivity contribution is 3.76. The summed E-state index contributed by atoms with van der Waals surface area (Å²) in [5, 5.41) is 0. The van der Waals surface area contributed by atoms with Gasteiger partial charge in [-0.15, -0.1) is 0 Å². The Bertz CT molecular complexity index is 21.0. The SMILES string of the molecule is [B]B([B])B([B-])[B-]. The van der Waals surface area contributed by atoms with Crippen molar-refractivity contribution in [2.24, 2.45) is 0 Å². The van der Waals surface area contributed by atoms with Gasteiger partial charge in [-0.25, -0.2) is 0 Å². The van der Waals surface area contributed by atoms with E-state index in [-0.39, 0.29) is 0 Å². The highest BCUT2D eigenvalue weighted by Gasteiger charge is 1.77. The molecule has 0 aromatic rings. The van der Waals surface area contributed by atoms with Crippen LogP contribution in [0.3, 0.4) is 0 Å². The third kappa shape index (κ3) is 2.62. The number of rotatable bonds is 1. The molecule has 0 unspecified atom stereocenters. The first kappa shape index (κ1) is 6.39. The van der Waals surface area contributed by atoms with Gasteiger partial charge in [0.2, 0.25) is 0 Å². The maximum atomic E-state index is 4.96. The van der Waals surface area contributed by atoms with E-state index in [0.717, 1.165) is 0 Å². The van der Waals surface area contributed by atoms with Crippen molar-refractivity contribution in [3.05, 3.63) is 0 Å². The molecule has 0 rings (SSSR count). The van der Waals surface area contributed by atoms with Gasteiger partial charge in [0.15, 0.2) is 0 Å². The summed E-state index contributed by atoms with van der Waals surface area (Å²) in [5.41, 5.74) is 0. The Kier molecular flexibility index (Phi) is 2.71. The Hall–Kier alpha value is 0.390. The van der Waals surface area contributed by atoms with Crippen LogP contribution in [-0.4, -0.2) is 43.7 Å². The quantitative estimate of drug-likeness (QED) is 0.302. The summed E-state index contributed by atoms with van der Waals surface area (Å²) in [6.45, 7) is 0. The summed E-state index contributed by atoms with van der Waals surface area (Å²) in [6.07, 6.45) is -1.19. The fourth-order valence-corrected chi connectivity index (χ4v) is 0. The number of hydrogen-bond donors (Lipinski definition) is 0. The molecule has 0 aliphatic carbocycles. The molecule has 0 fully saturated rings. The lowest BCUT2D eigenvalue weighted by Gasteiger charge is -2.37. The van der Waals surface area contributed by atoms with Crippen molar-refractivity contribution in [1.29, 1.82) is 0 Å². The predicted molar refractivity (Wildman–Crippen MR) is 34.5 cm³/mol. The van der Waals surface area contributed by atoms with Crippen LogP contribution in [0.25, 0.3) is 0 Å². The van der Waals surface area contributed by atoms with Gasteiger partial charge in [0.05, 0.1) is 0 Å². The first-order valence-electron chi connectivity index (χ1n) is 1.67. The zero-order valence-corrected chi connectivity index (χ0v) is 3.46. The molecule has 0 heterocycles. The fourth-order valence-electron chi connectivity index (χ4n) is 0. The molecule has 20 valence electrons. The van der Waals surface area contributed by atoms with Crippen LogP contribution in [0, 0.1) is 0 Å². The minimum Gasteiger partial charge on any atom is -0.729 e. The van der Waals surface area contributed by atoms with E-state index in [1.807, 2.05) is 0 Å². The van der Waals surface area contributed by atoms with Crippen molar-refractivity contribution in [3.63, 3.8) is 0 Å². The van der Waals surface area contributed by atoms with Crippen LogP contribution in [0.5, 0.6) is 0 Å². The van der Waals surface area contributed by atoms with E-state index in [0.29, 0.717) is 0 Å². The lowest BCUT2D eigenvalue weighted by Crippen LogP contribution is -2.38. The molecule has 0 atom stereocenters. The molecular formula is B6-2. The van der Waals surface area contributed by atoms with E-state index in [2.05, 4.69) is 0 Å². The van der Waals surface area contributed by atoms with Crippen LogP contribution in [0.2, 0.25) is 0 Å². The van der Waals surface area contributed by atoms with Crippen molar-refractivity contribution in [2.45, 2.75) is 0 Å². The Morgan fingerprint density at radius 1 is 1.17 bits per heavy atom. The van der Waals surface area contributed by atoms with E-state index in [4.69, 9.17) is 30.9 Å². The van der Waals surface area contributed by atoms with Crippen LogP contribution < -0.4 is 0 Å². The molecule has 0 nitrogen and oxygen atoms in total. The summed E-state index contributed by atoms with van der Waals surface area (Å²) in [5.74, 6) is 0. The summed E-state index contributed by atoms with van der Waals surface area (Å²) < 4.78 is 0. The molecule has 10 radical (unpaired) electrons. The van der Waals surface area contributed by atoms with Crippen LogP contribution in [0.1, 0.15) is 0 Å². The predicted octanol–water partition coefficient (Wildman–Crippen LogP) is -2.28. The lowest BCUT2D eigenvalue weighted by atomic mass is 8.81. The Morgan fingerprint density at radius 3 is 1.33 bits per heavy atom. The second kappa shape index (κ2) is 2.54. The highest BCUT2D eigenvalue weighted by atomic mass is 12.8. The molecule has 0 aliphatic heterocycles. The monoisotopic (exact) mass is 66.1 g/mol. The van der Waals surface area contributed by atoms with Gasteiger partial charge >= 0.3 is 0 Å². The normalized spacial score (nSPS) is 7.67. The van der Waals surface area contributed by atoms with E-state index >= 15 is 0 Å². The molecule has 6 heavy (non-hydrogen) atoms. The fraction of sp³-hybridized carbons (Fsp3) is 0. The summed E-state index contributed by atoms with van der Waals surface area (Å²) in [6, 6.07) is 0. The molecule has 0 N–H and O–H groups in total. The smallest absolute Gasteiger partial charge is 0.00588 e. The molecule has 0 aromatic heterocycles. The summed E-state index contributed by atoms with van der Waals surface area (Å²) in [4.78, 5) is 0. The molecule has 0 saturated heterocycles. The van der Waals surface area contributed by atoms with Crippen molar-refractivity contribution in [1.82, 2.24) is 0 Å². The summed E-state index contributed by atoms with van der Waals surface area (Å²) >= 11 is 0. The molecule has 0 saturated carbocycles. The molecule has 0 bridgehead atoms. The van der Waals surface area contributed by atoms with Gasteiger partial charge in [-0.05, 0) is 15.5 Å². The zero-order valence-electron chi connectivity index (χ0n) is 3.46. The highest BCUT2D eigenvalue weighted by molar-refractivity contribution is 7.76. The van der Waals surface area contributed by atoms with E-state index in [1.165, 1.54) is 0 Å². The van der Waals surface area contributed by atoms with Crippen LogP contribution in [0.15, 0.2) is 0 Å². The minimum absolute atomic E-state index is 0.593. The first-order chi connectivity index (χ1) is 2.64. The Balaban J connectivity index is 2.99. The maximum Gasteiger partial charge on any atom is -0.00588 e. The second-order valence-electron chi connectivity index (χ2n) is 1.15. The van der Waals surface area contributed by atoms with Crippen LogP contribution in [0.4, 0.5) is 0 Å². The summed E-state index contributed by atoms with van der Waals surface area (Å²) in [7, 11) is 19.9. The third-order valence-corrected chi connectivity index (χ3v) is 0.444. The standard InChI is InChI=1S/B6/c1-5(2)6(3)4/q-2. The van der Waals surface area contributed by atoms with Crippen molar-refractivity contribution < 1.29 is 0 Å². The van der Waals surface area contributed by atoms with Gasteiger partial charge in [0, 0.05) is 0 Å². The molecule has 0 aliphatic rings. The van der Waals surface area contributed by atoms with E-state index in [9.17, 15) is 0 Å². The minimum atomic E-state index is -0.593. The molecule has 0 aromatic carbocycles. The molecule has 0 spiro atoms. The van der Waals surface area contributed by atoms with Gasteiger partial charge in [-0.3, -0.25) is 0 Å². The van der Waals surface area contributed by atoms with Crippen molar-refractivity contribution in [2.75, 3.05) is 0 Å². The third-order valence-electron chi connectivity index (χ3n) is 0.444. The van der Waals surface area contributed by atoms with E-state index < -0.39 is 12.8 Å². The van der Waals surface area contributed by atoms with Crippen LogP contribution >= 0.6 is 0 Å². The topological polar surface area (TPSA) is 0 Å². The average Bonchev–Trinajstić information content (AvgIpc) is 1.36. The zero-order chi connectivity index (χ0) is 5.15. The molecule has 6 heteroatoms. The van der Waals surface area contributed by atoms with Gasteiger partial charge in [-0.1, -0.05) is 6.39 Å². The Morgan fingerprint density at radius 2 is 1.33 bits per heavy atom. The van der Waals surface area contributed by atoms with E-state index in [1.54, 1.807) is 0 Å². The average molecular weight is 64.9 g/mol. The first-order valence-corrected chi connectivity index (χ1v) is 1.67. The molecular weight excluding hydrogens is 64.9 g/mol. The number of hydrogen-bond acceptors (Lipinski definition) is 0. The van der Waals surface area contributed by atoms with Crippen molar-refractivity contribution >= 4 is 43.7 Å².